The van der Waals surface area contributed by atoms with Crippen LogP contribution in [0.15, 0.2) is 42.5 Å². The van der Waals surface area contributed by atoms with Crippen molar-refractivity contribution >= 4 is 5.91 Å². The Bertz CT molecular complexity index is 655. The van der Waals surface area contributed by atoms with Crippen molar-refractivity contribution in [3.63, 3.8) is 0 Å². The van der Waals surface area contributed by atoms with E-state index in [0.717, 1.165) is 5.56 Å². The highest BCUT2D eigenvalue weighted by atomic mass is 19.1. The molecule has 0 radical (unpaired) electrons. The number of benzene rings is 2. The quantitative estimate of drug-likeness (QED) is 0.835. The topological polar surface area (TPSA) is 20.3 Å². The van der Waals surface area contributed by atoms with Gasteiger partial charge in [0.15, 0.2) is 0 Å². The van der Waals surface area contributed by atoms with Crippen LogP contribution in [0.3, 0.4) is 0 Å². The second-order valence-electron chi connectivity index (χ2n) is 4.91. The second-order valence-corrected chi connectivity index (χ2v) is 4.91. The Labute approximate surface area is 123 Å². The molecule has 0 saturated carbocycles. The van der Waals surface area contributed by atoms with Gasteiger partial charge in [-0.05, 0) is 49.2 Å². The summed E-state index contributed by atoms with van der Waals surface area (Å²) >= 11 is 0. The zero-order valence-electron chi connectivity index (χ0n) is 12.1. The first kappa shape index (κ1) is 15.2. The van der Waals surface area contributed by atoms with Gasteiger partial charge in [0.25, 0.3) is 5.91 Å². The molecule has 4 heteroatoms. The largest absolute Gasteiger partial charge is 0.335 e. The van der Waals surface area contributed by atoms with Crippen LogP contribution in [0.4, 0.5) is 8.78 Å². The number of rotatable bonds is 4. The number of hydrogen-bond acceptors (Lipinski definition) is 1. The van der Waals surface area contributed by atoms with Gasteiger partial charge in [-0.1, -0.05) is 18.2 Å². The van der Waals surface area contributed by atoms with Crippen molar-refractivity contribution in [2.24, 2.45) is 0 Å². The van der Waals surface area contributed by atoms with Gasteiger partial charge in [0.2, 0.25) is 0 Å². The Morgan fingerprint density at radius 1 is 1.10 bits per heavy atom. The molecule has 0 aliphatic rings. The van der Waals surface area contributed by atoms with Crippen LogP contribution < -0.4 is 0 Å². The molecule has 2 aromatic rings. The maximum atomic E-state index is 13.3. The minimum Gasteiger partial charge on any atom is -0.335 e. The van der Waals surface area contributed by atoms with Crippen LogP contribution in [0.2, 0.25) is 0 Å². The van der Waals surface area contributed by atoms with Crippen LogP contribution >= 0.6 is 0 Å². The lowest BCUT2D eigenvalue weighted by Crippen LogP contribution is -2.31. The van der Waals surface area contributed by atoms with Crippen molar-refractivity contribution in [2.45, 2.75) is 20.4 Å². The van der Waals surface area contributed by atoms with Crippen molar-refractivity contribution in [2.75, 3.05) is 6.54 Å². The molecule has 0 heterocycles. The molecule has 0 aromatic heterocycles. The van der Waals surface area contributed by atoms with Crippen molar-refractivity contribution in [3.05, 3.63) is 70.8 Å². The SMILES string of the molecule is CCN(Cc1cccc(F)c1)C(=O)c1cc(F)ccc1C. The summed E-state index contributed by atoms with van der Waals surface area (Å²) in [6.07, 6.45) is 0. The molecule has 0 aliphatic heterocycles. The normalized spacial score (nSPS) is 10.5. The molecule has 2 nitrogen and oxygen atoms in total. The van der Waals surface area contributed by atoms with Gasteiger partial charge in [0, 0.05) is 18.7 Å². The molecular formula is C17H17F2NO. The van der Waals surface area contributed by atoms with E-state index in [2.05, 4.69) is 0 Å². The first-order chi connectivity index (χ1) is 10.0. The highest BCUT2D eigenvalue weighted by Crippen LogP contribution is 2.15. The summed E-state index contributed by atoms with van der Waals surface area (Å²) in [6, 6.07) is 10.3. The Morgan fingerprint density at radius 3 is 2.48 bits per heavy atom. The molecule has 0 aliphatic carbocycles. The van der Waals surface area contributed by atoms with E-state index in [4.69, 9.17) is 0 Å². The van der Waals surface area contributed by atoms with Crippen LogP contribution in [0.5, 0.6) is 0 Å². The van der Waals surface area contributed by atoms with Crippen LogP contribution in [0.1, 0.15) is 28.4 Å². The average molecular weight is 289 g/mol. The molecule has 0 spiro atoms. The molecule has 2 aromatic carbocycles. The third-order valence-corrected chi connectivity index (χ3v) is 3.36. The van der Waals surface area contributed by atoms with E-state index in [1.54, 1.807) is 30.0 Å². The van der Waals surface area contributed by atoms with Crippen LogP contribution in [-0.4, -0.2) is 17.4 Å². The van der Waals surface area contributed by atoms with E-state index in [1.165, 1.54) is 24.3 Å². The molecule has 2 rings (SSSR count). The summed E-state index contributed by atoms with van der Waals surface area (Å²) in [6.45, 7) is 4.36. The number of hydrogen-bond donors (Lipinski definition) is 0. The van der Waals surface area contributed by atoms with Crippen molar-refractivity contribution < 1.29 is 13.6 Å². The van der Waals surface area contributed by atoms with Crippen LogP contribution in [0.25, 0.3) is 0 Å². The fourth-order valence-corrected chi connectivity index (χ4v) is 2.18. The van der Waals surface area contributed by atoms with Gasteiger partial charge in [-0.3, -0.25) is 4.79 Å². The van der Waals surface area contributed by atoms with Crippen molar-refractivity contribution in [1.82, 2.24) is 4.90 Å². The van der Waals surface area contributed by atoms with Crippen molar-refractivity contribution in [3.8, 4) is 0 Å². The van der Waals surface area contributed by atoms with E-state index in [9.17, 15) is 13.6 Å². The van der Waals surface area contributed by atoms with Gasteiger partial charge in [-0.15, -0.1) is 0 Å². The zero-order chi connectivity index (χ0) is 15.4. The van der Waals surface area contributed by atoms with Gasteiger partial charge in [-0.2, -0.15) is 0 Å². The molecule has 110 valence electrons. The van der Waals surface area contributed by atoms with E-state index < -0.39 is 5.82 Å². The number of carbonyl (C=O) groups excluding carboxylic acids is 1. The first-order valence-electron chi connectivity index (χ1n) is 6.81. The number of carbonyl (C=O) groups is 1. The van der Waals surface area contributed by atoms with Gasteiger partial charge < -0.3 is 4.90 Å². The summed E-state index contributed by atoms with van der Waals surface area (Å²) in [4.78, 5) is 14.1. The molecule has 0 atom stereocenters. The fraction of sp³-hybridized carbons (Fsp3) is 0.235. The second kappa shape index (κ2) is 6.48. The minimum atomic E-state index is -0.439. The third-order valence-electron chi connectivity index (χ3n) is 3.36. The smallest absolute Gasteiger partial charge is 0.254 e. The Hall–Kier alpha value is -2.23. The highest BCUT2D eigenvalue weighted by Gasteiger charge is 2.17. The van der Waals surface area contributed by atoms with E-state index in [0.29, 0.717) is 24.2 Å². The van der Waals surface area contributed by atoms with Gasteiger partial charge in [-0.25, -0.2) is 8.78 Å². The monoisotopic (exact) mass is 289 g/mol. The molecule has 0 bridgehead atoms. The fourth-order valence-electron chi connectivity index (χ4n) is 2.18. The molecule has 0 saturated heterocycles. The Morgan fingerprint density at radius 2 is 1.81 bits per heavy atom. The highest BCUT2D eigenvalue weighted by molar-refractivity contribution is 5.95. The lowest BCUT2D eigenvalue weighted by Gasteiger charge is -2.22. The molecule has 1 amide bonds. The first-order valence-corrected chi connectivity index (χ1v) is 6.81. The number of amides is 1. The lowest BCUT2D eigenvalue weighted by molar-refractivity contribution is 0.0751. The maximum Gasteiger partial charge on any atom is 0.254 e. The molecule has 0 unspecified atom stereocenters. The van der Waals surface area contributed by atoms with E-state index >= 15 is 0 Å². The number of halogens is 2. The third kappa shape index (κ3) is 3.66. The standard InChI is InChI=1S/C17H17F2NO/c1-3-20(11-13-5-4-6-14(18)9-13)17(21)16-10-15(19)8-7-12(16)2/h4-10H,3,11H2,1-2H3. The number of aryl methyl sites for hydroxylation is 1. The zero-order valence-corrected chi connectivity index (χ0v) is 12.1. The van der Waals surface area contributed by atoms with Crippen molar-refractivity contribution in [1.29, 1.82) is 0 Å². The lowest BCUT2D eigenvalue weighted by atomic mass is 10.1. The minimum absolute atomic E-state index is 0.251. The predicted molar refractivity (Wildman–Crippen MR) is 78.0 cm³/mol. The summed E-state index contributed by atoms with van der Waals surface area (Å²) < 4.78 is 26.5. The Balaban J connectivity index is 2.24. The summed E-state index contributed by atoms with van der Waals surface area (Å²) in [5.74, 6) is -1.03. The summed E-state index contributed by atoms with van der Waals surface area (Å²) in [5.41, 5.74) is 1.77. The van der Waals surface area contributed by atoms with Crippen LogP contribution in [0, 0.1) is 18.6 Å². The van der Waals surface area contributed by atoms with Crippen LogP contribution in [-0.2, 0) is 6.54 Å². The van der Waals surface area contributed by atoms with E-state index in [-0.39, 0.29) is 11.7 Å². The average Bonchev–Trinajstić information content (AvgIpc) is 2.46. The number of nitrogens with zero attached hydrogens (tertiary/aromatic N) is 1. The molecule has 0 N–H and O–H groups in total. The van der Waals surface area contributed by atoms with Gasteiger partial charge in [0.05, 0.1) is 0 Å². The molecule has 21 heavy (non-hydrogen) atoms. The van der Waals surface area contributed by atoms with Gasteiger partial charge >= 0.3 is 0 Å². The van der Waals surface area contributed by atoms with E-state index in [1.807, 2.05) is 6.92 Å². The predicted octanol–water partition coefficient (Wildman–Crippen LogP) is 3.94. The molecule has 0 fully saturated rings. The summed E-state index contributed by atoms with van der Waals surface area (Å²) in [5, 5.41) is 0. The Kier molecular flexibility index (Phi) is 4.68. The summed E-state index contributed by atoms with van der Waals surface area (Å²) in [7, 11) is 0. The maximum absolute atomic E-state index is 13.3. The van der Waals surface area contributed by atoms with Gasteiger partial charge in [0.1, 0.15) is 11.6 Å². The molecular weight excluding hydrogens is 272 g/mol.